The van der Waals surface area contributed by atoms with Gasteiger partial charge < -0.3 is 10.2 Å². The van der Waals surface area contributed by atoms with Crippen LogP contribution in [-0.2, 0) is 11.0 Å². The van der Waals surface area contributed by atoms with Crippen LogP contribution in [0.3, 0.4) is 0 Å². The number of halogens is 3. The first kappa shape index (κ1) is 19.2. The molecule has 2 heterocycles. The number of amides is 1. The molecule has 1 aliphatic heterocycles. The van der Waals surface area contributed by atoms with Crippen molar-refractivity contribution in [2.45, 2.75) is 63.6 Å². The third-order valence-corrected chi connectivity index (χ3v) is 7.63. The summed E-state index contributed by atoms with van der Waals surface area (Å²) >= 11 is 0. The van der Waals surface area contributed by atoms with E-state index in [9.17, 15) is 18.0 Å². The van der Waals surface area contributed by atoms with Gasteiger partial charge >= 0.3 is 6.18 Å². The standard InChI is InChI=1S/C22H28F3N3O/c23-22(24,25)18-4-1-5-19(27-18)28-6-2-3-17(13-28)26-20(29)21-10-14-7-15(11-21)9-16(8-14)12-21/h1,4-5,14-17H,2-3,6-13H2,(H,26,29)/t14?,15?,16?,17-,21?/m0/s1. The number of rotatable bonds is 3. The van der Waals surface area contributed by atoms with Crippen molar-refractivity contribution >= 4 is 11.7 Å². The maximum Gasteiger partial charge on any atom is 0.433 e. The highest BCUT2D eigenvalue weighted by Gasteiger charge is 2.54. The fourth-order valence-electron chi connectivity index (χ4n) is 6.79. The van der Waals surface area contributed by atoms with E-state index in [1.165, 1.54) is 25.3 Å². The van der Waals surface area contributed by atoms with Crippen LogP contribution in [0.4, 0.5) is 19.0 Å². The number of pyridine rings is 1. The summed E-state index contributed by atoms with van der Waals surface area (Å²) in [5, 5.41) is 3.29. The Morgan fingerprint density at radius 2 is 1.76 bits per heavy atom. The first-order chi connectivity index (χ1) is 13.8. The molecule has 158 valence electrons. The van der Waals surface area contributed by atoms with E-state index >= 15 is 0 Å². The van der Waals surface area contributed by atoms with Crippen LogP contribution in [0.5, 0.6) is 0 Å². The van der Waals surface area contributed by atoms with E-state index in [-0.39, 0.29) is 17.4 Å². The molecule has 5 aliphatic rings. The van der Waals surface area contributed by atoms with Crippen LogP contribution in [0.2, 0.25) is 0 Å². The van der Waals surface area contributed by atoms with E-state index in [4.69, 9.17) is 0 Å². The van der Waals surface area contributed by atoms with E-state index in [0.29, 0.717) is 36.7 Å². The molecule has 4 aliphatic carbocycles. The summed E-state index contributed by atoms with van der Waals surface area (Å²) < 4.78 is 39.0. The summed E-state index contributed by atoms with van der Waals surface area (Å²) in [4.78, 5) is 19.0. The van der Waals surface area contributed by atoms with Gasteiger partial charge in [0.1, 0.15) is 11.5 Å². The minimum atomic E-state index is -4.45. The Morgan fingerprint density at radius 1 is 1.10 bits per heavy atom. The normalized spacial score (nSPS) is 36.3. The number of piperidine rings is 1. The molecule has 4 saturated carbocycles. The number of anilines is 1. The number of alkyl halides is 3. The predicted octanol–water partition coefficient (Wildman–Crippen LogP) is 4.40. The monoisotopic (exact) mass is 407 g/mol. The van der Waals surface area contributed by atoms with Crippen LogP contribution in [0, 0.1) is 23.2 Å². The summed E-state index contributed by atoms with van der Waals surface area (Å²) in [5.41, 5.74) is -1.06. The second-order valence-corrected chi connectivity index (χ2v) is 9.84. The van der Waals surface area contributed by atoms with E-state index < -0.39 is 11.9 Å². The van der Waals surface area contributed by atoms with Gasteiger partial charge in [-0.15, -0.1) is 0 Å². The van der Waals surface area contributed by atoms with Crippen molar-refractivity contribution in [3.8, 4) is 0 Å². The van der Waals surface area contributed by atoms with Crippen LogP contribution in [0.1, 0.15) is 57.1 Å². The number of nitrogens with one attached hydrogen (secondary N) is 1. The van der Waals surface area contributed by atoms with Gasteiger partial charge in [-0.05, 0) is 81.3 Å². The summed E-state index contributed by atoms with van der Waals surface area (Å²) in [7, 11) is 0. The number of carbonyl (C=O) groups is 1. The lowest BCUT2D eigenvalue weighted by molar-refractivity contribution is -0.147. The summed E-state index contributed by atoms with van der Waals surface area (Å²) in [6, 6.07) is 4.00. The SMILES string of the molecule is O=C(N[C@H]1CCCN(c2cccc(C(F)(F)F)n2)C1)C12CC3CC(CC(C3)C1)C2. The van der Waals surface area contributed by atoms with Crippen molar-refractivity contribution in [1.29, 1.82) is 0 Å². The largest absolute Gasteiger partial charge is 0.433 e. The smallest absolute Gasteiger partial charge is 0.355 e. The Morgan fingerprint density at radius 3 is 2.38 bits per heavy atom. The second-order valence-electron chi connectivity index (χ2n) is 9.84. The van der Waals surface area contributed by atoms with Crippen LogP contribution in [0.15, 0.2) is 18.2 Å². The fourth-order valence-corrected chi connectivity index (χ4v) is 6.79. The fraction of sp³-hybridized carbons (Fsp3) is 0.727. The summed E-state index contributed by atoms with van der Waals surface area (Å²) in [6.45, 7) is 1.18. The van der Waals surface area contributed by atoms with E-state index in [1.54, 1.807) is 6.07 Å². The van der Waals surface area contributed by atoms with Gasteiger partial charge in [0.15, 0.2) is 0 Å². The molecule has 1 atom stereocenters. The highest BCUT2D eigenvalue weighted by Crippen LogP contribution is 2.60. The average molecular weight is 407 g/mol. The van der Waals surface area contributed by atoms with Crippen molar-refractivity contribution in [1.82, 2.24) is 10.3 Å². The first-order valence-electron chi connectivity index (χ1n) is 10.9. The molecule has 0 radical (unpaired) electrons. The van der Waals surface area contributed by atoms with Crippen molar-refractivity contribution < 1.29 is 18.0 Å². The number of carbonyl (C=O) groups excluding carboxylic acids is 1. The van der Waals surface area contributed by atoms with Crippen molar-refractivity contribution in [3.63, 3.8) is 0 Å². The molecule has 7 heteroatoms. The lowest BCUT2D eigenvalue weighted by Crippen LogP contribution is -2.57. The second kappa shape index (κ2) is 6.88. The maximum absolute atomic E-state index is 13.3. The molecule has 1 saturated heterocycles. The highest BCUT2D eigenvalue weighted by molar-refractivity contribution is 5.83. The first-order valence-corrected chi connectivity index (χ1v) is 10.9. The van der Waals surface area contributed by atoms with E-state index in [1.807, 2.05) is 4.90 Å². The molecule has 4 bridgehead atoms. The molecule has 29 heavy (non-hydrogen) atoms. The van der Waals surface area contributed by atoms with Gasteiger partial charge in [0.25, 0.3) is 0 Å². The van der Waals surface area contributed by atoms with E-state index in [2.05, 4.69) is 10.3 Å². The minimum absolute atomic E-state index is 0.0272. The van der Waals surface area contributed by atoms with Gasteiger partial charge in [0, 0.05) is 24.5 Å². The number of aromatic nitrogens is 1. The zero-order valence-electron chi connectivity index (χ0n) is 16.5. The molecule has 1 N–H and O–H groups in total. The lowest BCUT2D eigenvalue weighted by Gasteiger charge is -2.56. The third-order valence-electron chi connectivity index (χ3n) is 7.63. The average Bonchev–Trinajstić information content (AvgIpc) is 2.67. The summed E-state index contributed by atoms with van der Waals surface area (Å²) in [6.07, 6.45) is 4.22. The molecule has 5 fully saturated rings. The number of nitrogens with zero attached hydrogens (tertiary/aromatic N) is 2. The Kier molecular flexibility index (Phi) is 4.55. The lowest BCUT2D eigenvalue weighted by atomic mass is 9.49. The van der Waals surface area contributed by atoms with E-state index in [0.717, 1.165) is 38.2 Å². The molecular formula is C22H28F3N3O. The molecule has 0 unspecified atom stereocenters. The van der Waals surface area contributed by atoms with Gasteiger partial charge in [0.05, 0.1) is 0 Å². The quantitative estimate of drug-likeness (QED) is 0.808. The molecule has 0 aromatic carbocycles. The zero-order valence-corrected chi connectivity index (χ0v) is 16.5. The van der Waals surface area contributed by atoms with Crippen molar-refractivity contribution in [3.05, 3.63) is 23.9 Å². The molecule has 4 nitrogen and oxygen atoms in total. The number of hydrogen-bond donors (Lipinski definition) is 1. The number of hydrogen-bond acceptors (Lipinski definition) is 3. The maximum atomic E-state index is 13.3. The molecular weight excluding hydrogens is 379 g/mol. The van der Waals surface area contributed by atoms with Crippen LogP contribution < -0.4 is 10.2 Å². The van der Waals surface area contributed by atoms with Crippen LogP contribution in [0.25, 0.3) is 0 Å². The zero-order chi connectivity index (χ0) is 20.2. The van der Waals surface area contributed by atoms with Gasteiger partial charge in [-0.1, -0.05) is 6.07 Å². The van der Waals surface area contributed by atoms with Crippen molar-refractivity contribution in [2.75, 3.05) is 18.0 Å². The Bertz CT molecular complexity index is 758. The van der Waals surface area contributed by atoms with Crippen LogP contribution in [-0.4, -0.2) is 30.0 Å². The summed E-state index contributed by atoms with van der Waals surface area (Å²) in [5.74, 6) is 2.67. The highest BCUT2D eigenvalue weighted by atomic mass is 19.4. The van der Waals surface area contributed by atoms with Crippen molar-refractivity contribution in [2.24, 2.45) is 23.2 Å². The predicted molar refractivity (Wildman–Crippen MR) is 103 cm³/mol. The topological polar surface area (TPSA) is 45.2 Å². The molecule has 0 spiro atoms. The van der Waals surface area contributed by atoms with Crippen LogP contribution >= 0.6 is 0 Å². The minimum Gasteiger partial charge on any atom is -0.355 e. The van der Waals surface area contributed by atoms with Gasteiger partial charge in [-0.2, -0.15) is 13.2 Å². The Hall–Kier alpha value is -1.79. The third kappa shape index (κ3) is 3.61. The van der Waals surface area contributed by atoms with Gasteiger partial charge in [0.2, 0.25) is 5.91 Å². The Labute approximate surface area is 169 Å². The van der Waals surface area contributed by atoms with Gasteiger partial charge in [-0.3, -0.25) is 4.79 Å². The molecule has 1 aromatic rings. The van der Waals surface area contributed by atoms with Gasteiger partial charge in [-0.25, -0.2) is 4.98 Å². The molecule has 1 aromatic heterocycles. The molecule has 6 rings (SSSR count). The Balaban J connectivity index is 1.27. The molecule has 1 amide bonds.